The van der Waals surface area contributed by atoms with Gasteiger partial charge in [-0.1, -0.05) is 25.1 Å². The van der Waals surface area contributed by atoms with E-state index in [0.29, 0.717) is 30.2 Å². The fraction of sp³-hybridized carbons (Fsp3) is 0.316. The van der Waals surface area contributed by atoms with Gasteiger partial charge in [0, 0.05) is 12.1 Å². The van der Waals surface area contributed by atoms with Crippen LogP contribution in [0.5, 0.6) is 11.5 Å². The molecule has 0 heterocycles. The van der Waals surface area contributed by atoms with E-state index in [4.69, 9.17) is 9.47 Å². The lowest BCUT2D eigenvalue weighted by molar-refractivity contribution is 0.0951. The zero-order valence-electron chi connectivity index (χ0n) is 13.9. The van der Waals surface area contributed by atoms with Gasteiger partial charge in [0.1, 0.15) is 0 Å². The third kappa shape index (κ3) is 4.49. The maximum Gasteiger partial charge on any atom is 0.251 e. The molecule has 0 fully saturated rings. The Balaban J connectivity index is 2.00. The highest BCUT2D eigenvalue weighted by Crippen LogP contribution is 2.27. The first kappa shape index (κ1) is 16.9. The molecule has 0 aliphatic carbocycles. The summed E-state index contributed by atoms with van der Waals surface area (Å²) in [6, 6.07) is 13.3. The molecule has 0 bridgehead atoms. The topological polar surface area (TPSA) is 47.6 Å². The van der Waals surface area contributed by atoms with Gasteiger partial charge < -0.3 is 14.8 Å². The third-order valence-corrected chi connectivity index (χ3v) is 3.61. The van der Waals surface area contributed by atoms with Crippen molar-refractivity contribution in [1.82, 2.24) is 5.32 Å². The molecule has 0 unspecified atom stereocenters. The van der Waals surface area contributed by atoms with Crippen molar-refractivity contribution in [1.29, 1.82) is 0 Å². The van der Waals surface area contributed by atoms with Gasteiger partial charge in [0.15, 0.2) is 11.5 Å². The van der Waals surface area contributed by atoms with E-state index in [0.717, 1.165) is 12.0 Å². The molecular weight excluding hydrogens is 290 g/mol. The number of ether oxygens (including phenoxy) is 2. The van der Waals surface area contributed by atoms with E-state index in [2.05, 4.69) is 12.2 Å². The maximum atomic E-state index is 12.2. The number of rotatable bonds is 7. The molecule has 0 aliphatic rings. The van der Waals surface area contributed by atoms with E-state index < -0.39 is 0 Å². The number of nitrogens with one attached hydrogen (secondary N) is 1. The monoisotopic (exact) mass is 313 g/mol. The molecular formula is C19H23NO3. The van der Waals surface area contributed by atoms with Crippen molar-refractivity contribution in [2.24, 2.45) is 0 Å². The summed E-state index contributed by atoms with van der Waals surface area (Å²) in [5.41, 5.74) is 2.85. The van der Waals surface area contributed by atoms with Crippen molar-refractivity contribution in [2.75, 3.05) is 13.7 Å². The summed E-state index contributed by atoms with van der Waals surface area (Å²) in [5.74, 6) is 1.30. The van der Waals surface area contributed by atoms with Crippen LogP contribution >= 0.6 is 0 Å². The summed E-state index contributed by atoms with van der Waals surface area (Å²) >= 11 is 0. The molecule has 23 heavy (non-hydrogen) atoms. The summed E-state index contributed by atoms with van der Waals surface area (Å²) < 4.78 is 10.8. The predicted molar refractivity (Wildman–Crippen MR) is 91.2 cm³/mol. The smallest absolute Gasteiger partial charge is 0.251 e. The summed E-state index contributed by atoms with van der Waals surface area (Å²) in [4.78, 5) is 12.2. The van der Waals surface area contributed by atoms with E-state index in [9.17, 15) is 4.79 Å². The van der Waals surface area contributed by atoms with Crippen LogP contribution in [0, 0.1) is 0 Å². The van der Waals surface area contributed by atoms with Crippen molar-refractivity contribution in [3.05, 3.63) is 59.2 Å². The number of carbonyl (C=O) groups excluding carboxylic acids is 1. The highest BCUT2D eigenvalue weighted by atomic mass is 16.5. The second-order valence-corrected chi connectivity index (χ2v) is 5.15. The predicted octanol–water partition coefficient (Wildman–Crippen LogP) is 3.59. The van der Waals surface area contributed by atoms with E-state index in [1.54, 1.807) is 7.11 Å². The Morgan fingerprint density at radius 3 is 2.30 bits per heavy atom. The molecule has 0 atom stereocenters. The zero-order valence-corrected chi connectivity index (χ0v) is 13.9. The number of amides is 1. The lowest BCUT2D eigenvalue weighted by Gasteiger charge is -2.11. The molecule has 1 amide bonds. The van der Waals surface area contributed by atoms with Crippen molar-refractivity contribution in [2.45, 2.75) is 26.8 Å². The van der Waals surface area contributed by atoms with Crippen molar-refractivity contribution in [3.63, 3.8) is 0 Å². The molecule has 0 saturated heterocycles. The molecule has 4 nitrogen and oxygen atoms in total. The number of methoxy groups -OCH3 is 1. The first-order valence-electron chi connectivity index (χ1n) is 7.84. The van der Waals surface area contributed by atoms with Gasteiger partial charge in [0.25, 0.3) is 5.91 Å². The Hall–Kier alpha value is -2.49. The van der Waals surface area contributed by atoms with Gasteiger partial charge in [-0.25, -0.2) is 0 Å². The number of carbonyl (C=O) groups is 1. The van der Waals surface area contributed by atoms with Gasteiger partial charge in [-0.05, 0) is 48.7 Å². The van der Waals surface area contributed by atoms with Crippen LogP contribution in [0.15, 0.2) is 42.5 Å². The molecule has 2 rings (SSSR count). The normalized spacial score (nSPS) is 10.2. The second kappa shape index (κ2) is 8.22. The number of benzene rings is 2. The molecule has 122 valence electrons. The minimum atomic E-state index is -0.0829. The fourth-order valence-electron chi connectivity index (χ4n) is 2.27. The summed E-state index contributed by atoms with van der Waals surface area (Å²) in [6.07, 6.45) is 0.966. The fourth-order valence-corrected chi connectivity index (χ4v) is 2.27. The molecule has 0 aromatic heterocycles. The van der Waals surface area contributed by atoms with Gasteiger partial charge >= 0.3 is 0 Å². The Morgan fingerprint density at radius 2 is 1.70 bits per heavy atom. The number of hydrogen-bond donors (Lipinski definition) is 1. The second-order valence-electron chi connectivity index (χ2n) is 5.15. The van der Waals surface area contributed by atoms with Crippen LogP contribution in [-0.2, 0) is 13.0 Å². The SMILES string of the molecule is CCOc1ccc(CNC(=O)c2ccc(CC)cc2)cc1OC. The summed E-state index contributed by atoms with van der Waals surface area (Å²) in [5, 5.41) is 2.92. The van der Waals surface area contributed by atoms with Gasteiger partial charge in [0.2, 0.25) is 0 Å². The Kier molecular flexibility index (Phi) is 6.03. The van der Waals surface area contributed by atoms with Crippen LogP contribution in [0.3, 0.4) is 0 Å². The zero-order chi connectivity index (χ0) is 16.7. The highest BCUT2D eigenvalue weighted by Gasteiger charge is 2.08. The molecule has 1 N–H and O–H groups in total. The van der Waals surface area contributed by atoms with E-state index >= 15 is 0 Å². The molecule has 2 aromatic carbocycles. The van der Waals surface area contributed by atoms with Gasteiger partial charge in [0.05, 0.1) is 13.7 Å². The average molecular weight is 313 g/mol. The molecule has 0 radical (unpaired) electrons. The van der Waals surface area contributed by atoms with Crippen LogP contribution in [0.4, 0.5) is 0 Å². The largest absolute Gasteiger partial charge is 0.493 e. The first-order chi connectivity index (χ1) is 11.2. The summed E-state index contributed by atoms with van der Waals surface area (Å²) in [6.45, 7) is 5.04. The van der Waals surface area contributed by atoms with Crippen LogP contribution in [0.25, 0.3) is 0 Å². The first-order valence-corrected chi connectivity index (χ1v) is 7.84. The van der Waals surface area contributed by atoms with Gasteiger partial charge in [-0.15, -0.1) is 0 Å². The summed E-state index contributed by atoms with van der Waals surface area (Å²) in [7, 11) is 1.61. The van der Waals surface area contributed by atoms with Crippen LogP contribution in [0.1, 0.15) is 35.3 Å². The molecule has 2 aromatic rings. The van der Waals surface area contributed by atoms with Crippen molar-refractivity contribution in [3.8, 4) is 11.5 Å². The number of hydrogen-bond acceptors (Lipinski definition) is 3. The van der Waals surface area contributed by atoms with E-state index in [-0.39, 0.29) is 5.91 Å². The van der Waals surface area contributed by atoms with Crippen LogP contribution in [0.2, 0.25) is 0 Å². The lowest BCUT2D eigenvalue weighted by atomic mass is 10.1. The highest BCUT2D eigenvalue weighted by molar-refractivity contribution is 5.94. The quantitative estimate of drug-likeness (QED) is 0.850. The van der Waals surface area contributed by atoms with E-state index in [1.165, 1.54) is 5.56 Å². The lowest BCUT2D eigenvalue weighted by Crippen LogP contribution is -2.22. The Morgan fingerprint density at radius 1 is 1.00 bits per heavy atom. The Bertz CT molecular complexity index is 650. The average Bonchev–Trinajstić information content (AvgIpc) is 2.60. The van der Waals surface area contributed by atoms with Gasteiger partial charge in [-0.2, -0.15) is 0 Å². The molecule has 0 spiro atoms. The molecule has 4 heteroatoms. The van der Waals surface area contributed by atoms with E-state index in [1.807, 2.05) is 49.4 Å². The third-order valence-electron chi connectivity index (χ3n) is 3.61. The van der Waals surface area contributed by atoms with Gasteiger partial charge in [-0.3, -0.25) is 4.79 Å². The minimum absolute atomic E-state index is 0.0829. The minimum Gasteiger partial charge on any atom is -0.493 e. The van der Waals surface area contributed by atoms with Crippen molar-refractivity contribution < 1.29 is 14.3 Å². The maximum absolute atomic E-state index is 12.2. The molecule has 0 aliphatic heterocycles. The van der Waals surface area contributed by atoms with Crippen LogP contribution in [-0.4, -0.2) is 19.6 Å². The van der Waals surface area contributed by atoms with Crippen LogP contribution < -0.4 is 14.8 Å². The standard InChI is InChI=1S/C19H23NO3/c1-4-14-6-9-16(10-7-14)19(21)20-13-15-8-11-17(23-5-2)18(12-15)22-3/h6-12H,4-5,13H2,1-3H3,(H,20,21). The van der Waals surface area contributed by atoms with Crippen molar-refractivity contribution >= 4 is 5.91 Å². The Labute approximate surface area is 137 Å². The number of aryl methyl sites for hydroxylation is 1. The molecule has 0 saturated carbocycles.